The summed E-state index contributed by atoms with van der Waals surface area (Å²) >= 11 is 6.38. The van der Waals surface area contributed by atoms with Gasteiger partial charge in [0.25, 0.3) is 0 Å². The second-order valence-electron chi connectivity index (χ2n) is 5.92. The minimum atomic E-state index is -0.253. The number of carbonyl (C=O) groups is 1. The van der Waals surface area contributed by atoms with E-state index in [0.29, 0.717) is 6.04 Å². The van der Waals surface area contributed by atoms with E-state index >= 15 is 0 Å². The molecule has 1 unspecified atom stereocenters. The lowest BCUT2D eigenvalue weighted by Gasteiger charge is -2.35. The van der Waals surface area contributed by atoms with E-state index in [1.54, 1.807) is 0 Å². The average Bonchev–Trinajstić information content (AvgIpc) is 2.45. The Balaban J connectivity index is 2.16. The topological polar surface area (TPSA) is 58.4 Å². The summed E-state index contributed by atoms with van der Waals surface area (Å²) in [6, 6.07) is 6.21. The van der Waals surface area contributed by atoms with Crippen LogP contribution in [0, 0.1) is 0 Å². The SMILES string of the molecule is CC(C)NCc1ccc(N2CCCCC2C(N)=O)cc1Cl. The van der Waals surface area contributed by atoms with E-state index in [1.165, 1.54) is 0 Å². The number of hydrogen-bond donors (Lipinski definition) is 2. The van der Waals surface area contributed by atoms with Gasteiger partial charge in [0, 0.05) is 29.8 Å². The molecule has 21 heavy (non-hydrogen) atoms. The van der Waals surface area contributed by atoms with Crippen molar-refractivity contribution in [3.63, 3.8) is 0 Å². The Bertz CT molecular complexity index is 504. The van der Waals surface area contributed by atoms with Gasteiger partial charge < -0.3 is 16.0 Å². The maximum absolute atomic E-state index is 11.6. The smallest absolute Gasteiger partial charge is 0.240 e. The third kappa shape index (κ3) is 4.11. The number of benzene rings is 1. The van der Waals surface area contributed by atoms with E-state index in [1.807, 2.05) is 18.2 Å². The van der Waals surface area contributed by atoms with Gasteiger partial charge in [-0.25, -0.2) is 0 Å². The summed E-state index contributed by atoms with van der Waals surface area (Å²) < 4.78 is 0. The number of halogens is 1. The fourth-order valence-electron chi connectivity index (χ4n) is 2.71. The molecule has 0 aromatic heterocycles. The molecular weight excluding hydrogens is 286 g/mol. The molecule has 1 aromatic rings. The average molecular weight is 310 g/mol. The van der Waals surface area contributed by atoms with Gasteiger partial charge in [-0.2, -0.15) is 0 Å². The summed E-state index contributed by atoms with van der Waals surface area (Å²) in [5, 5.41) is 4.09. The van der Waals surface area contributed by atoms with Gasteiger partial charge in [-0.15, -0.1) is 0 Å². The Labute approximate surface area is 131 Å². The molecule has 0 spiro atoms. The molecule has 116 valence electrons. The first kappa shape index (κ1) is 16.1. The predicted octanol–water partition coefficient (Wildman–Crippen LogP) is 2.68. The molecule has 5 heteroatoms. The summed E-state index contributed by atoms with van der Waals surface area (Å²) in [6.45, 7) is 5.81. The van der Waals surface area contributed by atoms with Crippen molar-refractivity contribution in [1.29, 1.82) is 0 Å². The Morgan fingerprint density at radius 2 is 2.24 bits per heavy atom. The number of nitrogens with zero attached hydrogens (tertiary/aromatic N) is 1. The van der Waals surface area contributed by atoms with Crippen molar-refractivity contribution in [1.82, 2.24) is 5.32 Å². The molecule has 1 saturated heterocycles. The molecule has 3 N–H and O–H groups in total. The zero-order valence-electron chi connectivity index (χ0n) is 12.7. The Morgan fingerprint density at radius 1 is 1.48 bits per heavy atom. The van der Waals surface area contributed by atoms with Gasteiger partial charge in [0.2, 0.25) is 5.91 Å². The number of carbonyl (C=O) groups excluding carboxylic acids is 1. The molecule has 1 amide bonds. The first-order valence-electron chi connectivity index (χ1n) is 7.57. The molecule has 1 aliphatic heterocycles. The van der Waals surface area contributed by atoms with Crippen LogP contribution < -0.4 is 16.0 Å². The first-order chi connectivity index (χ1) is 9.99. The lowest BCUT2D eigenvalue weighted by Crippen LogP contribution is -2.47. The zero-order chi connectivity index (χ0) is 15.4. The number of nitrogens with one attached hydrogen (secondary N) is 1. The Hall–Kier alpha value is -1.26. The molecule has 0 aliphatic carbocycles. The van der Waals surface area contributed by atoms with Crippen LogP contribution >= 0.6 is 11.6 Å². The highest BCUT2D eigenvalue weighted by Crippen LogP contribution is 2.29. The van der Waals surface area contributed by atoms with E-state index in [-0.39, 0.29) is 11.9 Å². The number of anilines is 1. The van der Waals surface area contributed by atoms with E-state index in [2.05, 4.69) is 24.1 Å². The summed E-state index contributed by atoms with van der Waals surface area (Å²) in [6.07, 6.45) is 2.95. The van der Waals surface area contributed by atoms with Gasteiger partial charge in [-0.1, -0.05) is 31.5 Å². The van der Waals surface area contributed by atoms with Gasteiger partial charge >= 0.3 is 0 Å². The van der Waals surface area contributed by atoms with Crippen LogP contribution in [0.3, 0.4) is 0 Å². The quantitative estimate of drug-likeness (QED) is 0.879. The Kier molecular flexibility index (Phi) is 5.48. The standard InChI is InChI=1S/C16H24ClN3O/c1-11(2)19-10-12-6-7-13(9-14(12)17)20-8-4-3-5-15(20)16(18)21/h6-7,9,11,15,19H,3-5,8,10H2,1-2H3,(H2,18,21). The van der Waals surface area contributed by atoms with Crippen LogP contribution in [-0.4, -0.2) is 24.5 Å². The molecule has 1 aliphatic rings. The third-order valence-electron chi connectivity index (χ3n) is 3.90. The molecule has 1 atom stereocenters. The monoisotopic (exact) mass is 309 g/mol. The molecule has 1 fully saturated rings. The Morgan fingerprint density at radius 3 is 2.86 bits per heavy atom. The lowest BCUT2D eigenvalue weighted by atomic mass is 10.0. The zero-order valence-corrected chi connectivity index (χ0v) is 13.5. The van der Waals surface area contributed by atoms with Crippen molar-refractivity contribution in [3.8, 4) is 0 Å². The lowest BCUT2D eigenvalue weighted by molar-refractivity contribution is -0.119. The van der Waals surface area contributed by atoms with Gasteiger partial charge in [0.05, 0.1) is 0 Å². The maximum atomic E-state index is 11.6. The van der Waals surface area contributed by atoms with E-state index in [9.17, 15) is 4.79 Å². The van der Waals surface area contributed by atoms with Crippen molar-refractivity contribution in [3.05, 3.63) is 28.8 Å². The van der Waals surface area contributed by atoms with Crippen LogP contribution in [0.15, 0.2) is 18.2 Å². The van der Waals surface area contributed by atoms with Gasteiger partial charge in [-0.3, -0.25) is 4.79 Å². The minimum absolute atomic E-state index is 0.213. The highest BCUT2D eigenvalue weighted by atomic mass is 35.5. The van der Waals surface area contributed by atoms with Crippen molar-refractivity contribution in [2.24, 2.45) is 5.73 Å². The van der Waals surface area contributed by atoms with Crippen molar-refractivity contribution in [2.45, 2.75) is 51.7 Å². The first-order valence-corrected chi connectivity index (χ1v) is 7.94. The summed E-state index contributed by atoms with van der Waals surface area (Å²) in [7, 11) is 0. The molecular formula is C16H24ClN3O. The highest BCUT2D eigenvalue weighted by molar-refractivity contribution is 6.31. The van der Waals surface area contributed by atoms with Crippen LogP contribution in [-0.2, 0) is 11.3 Å². The van der Waals surface area contributed by atoms with Crippen LogP contribution in [0.4, 0.5) is 5.69 Å². The highest BCUT2D eigenvalue weighted by Gasteiger charge is 2.27. The number of hydrogen-bond acceptors (Lipinski definition) is 3. The second-order valence-corrected chi connectivity index (χ2v) is 6.33. The molecule has 2 rings (SSSR count). The van der Waals surface area contributed by atoms with E-state index < -0.39 is 0 Å². The largest absolute Gasteiger partial charge is 0.368 e. The second kappa shape index (κ2) is 7.14. The van der Waals surface area contributed by atoms with Crippen LogP contribution in [0.2, 0.25) is 5.02 Å². The van der Waals surface area contributed by atoms with E-state index in [4.69, 9.17) is 17.3 Å². The van der Waals surface area contributed by atoms with Crippen molar-refractivity contribution in [2.75, 3.05) is 11.4 Å². The molecule has 0 bridgehead atoms. The number of rotatable bonds is 5. The van der Waals surface area contributed by atoms with Crippen LogP contribution in [0.1, 0.15) is 38.7 Å². The maximum Gasteiger partial charge on any atom is 0.240 e. The summed E-state index contributed by atoms with van der Waals surface area (Å²) in [5.41, 5.74) is 7.57. The van der Waals surface area contributed by atoms with Crippen LogP contribution in [0.5, 0.6) is 0 Å². The number of nitrogens with two attached hydrogens (primary N) is 1. The summed E-state index contributed by atoms with van der Waals surface area (Å²) in [5.74, 6) is -0.253. The van der Waals surface area contributed by atoms with Crippen molar-refractivity contribution >= 4 is 23.2 Å². The van der Waals surface area contributed by atoms with E-state index in [0.717, 1.165) is 48.6 Å². The summed E-state index contributed by atoms with van der Waals surface area (Å²) in [4.78, 5) is 13.7. The van der Waals surface area contributed by atoms with Gasteiger partial charge in [0.15, 0.2) is 0 Å². The number of primary amides is 1. The molecule has 1 aromatic carbocycles. The molecule has 4 nitrogen and oxygen atoms in total. The molecule has 1 heterocycles. The third-order valence-corrected chi connectivity index (χ3v) is 4.25. The molecule has 0 radical (unpaired) electrons. The number of piperidine rings is 1. The minimum Gasteiger partial charge on any atom is -0.368 e. The predicted molar refractivity (Wildman–Crippen MR) is 87.6 cm³/mol. The van der Waals surface area contributed by atoms with Gasteiger partial charge in [0.1, 0.15) is 6.04 Å². The van der Waals surface area contributed by atoms with Gasteiger partial charge in [-0.05, 0) is 37.0 Å². The van der Waals surface area contributed by atoms with Crippen LogP contribution in [0.25, 0.3) is 0 Å². The molecule has 0 saturated carbocycles. The van der Waals surface area contributed by atoms with Crippen molar-refractivity contribution < 1.29 is 4.79 Å². The number of amides is 1. The normalized spacial score (nSPS) is 19.0. The fourth-order valence-corrected chi connectivity index (χ4v) is 2.95. The fraction of sp³-hybridized carbons (Fsp3) is 0.562.